The Kier molecular flexibility index (Phi) is 8.05. The monoisotopic (exact) mass is 371 g/mol. The maximum Gasteiger partial charge on any atom is 0.241 e. The number of rotatable bonds is 6. The van der Waals surface area contributed by atoms with Crippen molar-refractivity contribution >= 4 is 47.1 Å². The molecule has 1 atom stereocenters. The molecular weight excluding hydrogens is 350 g/mol. The number of carbonyl (C=O) groups is 1. The number of thiazole rings is 1. The van der Waals surface area contributed by atoms with Crippen LogP contribution in [0, 0.1) is 13.8 Å². The third-order valence-corrected chi connectivity index (χ3v) is 5.24. The lowest BCUT2D eigenvalue weighted by Gasteiger charge is -2.13. The number of aromatic nitrogens is 1. The van der Waals surface area contributed by atoms with Crippen molar-refractivity contribution in [2.24, 2.45) is 5.73 Å². The molecule has 3 N–H and O–H groups in total. The van der Waals surface area contributed by atoms with Crippen LogP contribution in [0.3, 0.4) is 0 Å². The van der Waals surface area contributed by atoms with Gasteiger partial charge in [-0.05, 0) is 44.0 Å². The summed E-state index contributed by atoms with van der Waals surface area (Å²) in [4.78, 5) is 17.5. The zero-order chi connectivity index (χ0) is 16.1. The van der Waals surface area contributed by atoms with E-state index in [1.54, 1.807) is 23.1 Å². The van der Waals surface area contributed by atoms with Gasteiger partial charge in [0.05, 0.1) is 6.04 Å². The van der Waals surface area contributed by atoms with Crippen molar-refractivity contribution in [1.29, 1.82) is 0 Å². The lowest BCUT2D eigenvalue weighted by molar-refractivity contribution is -0.117. The number of amides is 1. The van der Waals surface area contributed by atoms with Crippen molar-refractivity contribution in [3.63, 3.8) is 0 Å². The van der Waals surface area contributed by atoms with Crippen LogP contribution in [0.2, 0.25) is 0 Å². The number of nitrogens with two attached hydrogens (primary N) is 1. The number of hydrogen-bond donors (Lipinski definition) is 2. The zero-order valence-electron chi connectivity index (χ0n) is 13.5. The molecule has 1 heterocycles. The molecule has 0 radical (unpaired) electrons. The summed E-state index contributed by atoms with van der Waals surface area (Å²) in [7, 11) is 0. The van der Waals surface area contributed by atoms with Crippen molar-refractivity contribution < 1.29 is 4.79 Å². The largest absolute Gasteiger partial charge is 0.324 e. The molecule has 2 rings (SSSR count). The molecule has 0 saturated heterocycles. The van der Waals surface area contributed by atoms with E-state index in [1.165, 1.54) is 0 Å². The van der Waals surface area contributed by atoms with Gasteiger partial charge in [0.1, 0.15) is 0 Å². The highest BCUT2D eigenvalue weighted by Crippen LogP contribution is 2.32. The lowest BCUT2D eigenvalue weighted by Crippen LogP contribution is -2.35. The normalized spacial score (nSPS) is 11.7. The van der Waals surface area contributed by atoms with Crippen LogP contribution < -0.4 is 11.1 Å². The first-order valence-corrected chi connectivity index (χ1v) is 8.96. The van der Waals surface area contributed by atoms with Gasteiger partial charge in [0, 0.05) is 21.7 Å². The zero-order valence-corrected chi connectivity index (χ0v) is 15.9. The molecule has 1 unspecified atom stereocenters. The minimum Gasteiger partial charge on any atom is -0.324 e. The van der Waals surface area contributed by atoms with Crippen molar-refractivity contribution in [1.82, 2.24) is 4.98 Å². The number of anilines is 1. The molecule has 2 aromatic rings. The summed E-state index contributed by atoms with van der Waals surface area (Å²) in [6.45, 7) is 5.99. The number of nitrogens with one attached hydrogen (secondary N) is 1. The van der Waals surface area contributed by atoms with E-state index in [2.05, 4.69) is 16.4 Å². The first-order valence-electron chi connectivity index (χ1n) is 7.26. The van der Waals surface area contributed by atoms with Gasteiger partial charge in [-0.25, -0.2) is 4.98 Å². The van der Waals surface area contributed by atoms with Crippen LogP contribution in [-0.2, 0) is 4.79 Å². The molecule has 1 amide bonds. The van der Waals surface area contributed by atoms with Gasteiger partial charge >= 0.3 is 0 Å². The van der Waals surface area contributed by atoms with E-state index in [-0.39, 0.29) is 18.3 Å². The average Bonchev–Trinajstić information content (AvgIpc) is 2.87. The number of halogens is 1. The summed E-state index contributed by atoms with van der Waals surface area (Å²) >= 11 is 3.27. The average molecular weight is 372 g/mol. The Morgan fingerprint density at radius 3 is 2.74 bits per heavy atom. The fraction of sp³-hybridized carbons (Fsp3) is 0.375. The molecule has 0 aliphatic heterocycles. The maximum absolute atomic E-state index is 12.0. The summed E-state index contributed by atoms with van der Waals surface area (Å²) < 4.78 is 1.03. The molecule has 126 valence electrons. The summed E-state index contributed by atoms with van der Waals surface area (Å²) in [6, 6.07) is 5.53. The number of nitrogens with zero attached hydrogens (tertiary/aromatic N) is 1. The Labute approximate surface area is 151 Å². The second-order valence-electron chi connectivity index (χ2n) is 5.22. The molecule has 23 heavy (non-hydrogen) atoms. The van der Waals surface area contributed by atoms with Crippen LogP contribution >= 0.6 is 35.5 Å². The van der Waals surface area contributed by atoms with Crippen LogP contribution in [0.5, 0.6) is 0 Å². The Hall–Kier alpha value is -1.08. The van der Waals surface area contributed by atoms with Crippen LogP contribution in [0.1, 0.15) is 31.0 Å². The predicted molar refractivity (Wildman–Crippen MR) is 101 cm³/mol. The van der Waals surface area contributed by atoms with Gasteiger partial charge < -0.3 is 11.1 Å². The van der Waals surface area contributed by atoms with Crippen LogP contribution in [0.25, 0.3) is 0 Å². The highest BCUT2D eigenvalue weighted by atomic mass is 35.5. The molecular formula is C16H22ClN3OS2. The molecule has 0 fully saturated rings. The molecule has 0 aliphatic rings. The number of benzene rings is 1. The molecule has 4 nitrogen and oxygen atoms in total. The molecule has 0 spiro atoms. The first-order chi connectivity index (χ1) is 10.5. The smallest absolute Gasteiger partial charge is 0.241 e. The standard InChI is InChI=1S/C16H21N3OS2.ClH/c1-4-5-13(17)15(20)19-14-7-6-12(8-10(14)2)22-16-18-11(3)9-21-16;/h6-9,13H,4-5,17H2,1-3H3,(H,19,20);1H. The van der Waals surface area contributed by atoms with Crippen molar-refractivity contribution in [3.05, 3.63) is 34.8 Å². The minimum absolute atomic E-state index is 0. The topological polar surface area (TPSA) is 68.0 Å². The maximum atomic E-state index is 12.0. The van der Waals surface area contributed by atoms with Gasteiger partial charge in [0.2, 0.25) is 5.91 Å². The first kappa shape index (κ1) is 20.0. The third-order valence-electron chi connectivity index (χ3n) is 3.20. The van der Waals surface area contributed by atoms with E-state index >= 15 is 0 Å². The van der Waals surface area contributed by atoms with Crippen LogP contribution in [0.15, 0.2) is 32.8 Å². The predicted octanol–water partition coefficient (Wildman–Crippen LogP) is 4.40. The molecule has 0 bridgehead atoms. The summed E-state index contributed by atoms with van der Waals surface area (Å²) in [5.74, 6) is -0.124. The van der Waals surface area contributed by atoms with E-state index < -0.39 is 6.04 Å². The number of hydrogen-bond acceptors (Lipinski definition) is 5. The molecule has 7 heteroatoms. The number of aryl methyl sites for hydroxylation is 2. The highest BCUT2D eigenvalue weighted by molar-refractivity contribution is 8.01. The second kappa shape index (κ2) is 9.27. The van der Waals surface area contributed by atoms with E-state index in [4.69, 9.17) is 5.73 Å². The fourth-order valence-corrected chi connectivity index (χ4v) is 3.90. The van der Waals surface area contributed by atoms with Crippen molar-refractivity contribution in [2.45, 2.75) is 48.9 Å². The quantitative estimate of drug-likeness (QED) is 0.789. The Bertz CT molecular complexity index is 661. The Balaban J connectivity index is 0.00000264. The Morgan fingerprint density at radius 1 is 1.43 bits per heavy atom. The van der Waals surface area contributed by atoms with Crippen LogP contribution in [0.4, 0.5) is 5.69 Å². The van der Waals surface area contributed by atoms with Crippen molar-refractivity contribution in [2.75, 3.05) is 5.32 Å². The summed E-state index contributed by atoms with van der Waals surface area (Å²) in [5, 5.41) is 4.94. The second-order valence-corrected chi connectivity index (χ2v) is 7.40. The van der Waals surface area contributed by atoms with Gasteiger partial charge in [-0.3, -0.25) is 4.79 Å². The van der Waals surface area contributed by atoms with Gasteiger partial charge in [-0.1, -0.05) is 25.1 Å². The summed E-state index contributed by atoms with van der Waals surface area (Å²) in [5.41, 5.74) is 8.72. The third kappa shape index (κ3) is 5.80. The lowest BCUT2D eigenvalue weighted by atomic mass is 10.1. The van der Waals surface area contributed by atoms with E-state index in [0.29, 0.717) is 6.42 Å². The van der Waals surface area contributed by atoms with E-state index in [9.17, 15) is 4.79 Å². The molecule has 1 aromatic heterocycles. The van der Waals surface area contributed by atoms with Gasteiger partial charge in [-0.2, -0.15) is 0 Å². The minimum atomic E-state index is -0.447. The fourth-order valence-electron chi connectivity index (χ4n) is 1.99. The SMILES string of the molecule is CCCC(N)C(=O)Nc1ccc(Sc2nc(C)cs2)cc1C.Cl. The van der Waals surface area contributed by atoms with Gasteiger partial charge in [0.15, 0.2) is 4.34 Å². The van der Waals surface area contributed by atoms with Gasteiger partial charge in [-0.15, -0.1) is 23.7 Å². The van der Waals surface area contributed by atoms with E-state index in [0.717, 1.165) is 32.6 Å². The van der Waals surface area contributed by atoms with Crippen LogP contribution in [-0.4, -0.2) is 16.9 Å². The van der Waals surface area contributed by atoms with Crippen molar-refractivity contribution in [3.8, 4) is 0 Å². The molecule has 0 aliphatic carbocycles. The van der Waals surface area contributed by atoms with E-state index in [1.807, 2.05) is 38.3 Å². The highest BCUT2D eigenvalue weighted by Gasteiger charge is 2.13. The molecule has 0 saturated carbocycles. The number of carbonyl (C=O) groups excluding carboxylic acids is 1. The van der Waals surface area contributed by atoms with Gasteiger partial charge in [0.25, 0.3) is 0 Å². The summed E-state index contributed by atoms with van der Waals surface area (Å²) in [6.07, 6.45) is 1.60. The Morgan fingerprint density at radius 2 is 2.17 bits per heavy atom. The molecule has 1 aromatic carbocycles.